The SMILES string of the molecule is C[C@@H]1CCC[C@H](C)N1CC(=O)NCCn1ccnc1. The van der Waals surface area contributed by atoms with Gasteiger partial charge in [-0.25, -0.2) is 4.98 Å². The number of likely N-dealkylation sites (tertiary alicyclic amines) is 1. The predicted octanol–water partition coefficient (Wildman–Crippen LogP) is 1.26. The zero-order valence-electron chi connectivity index (χ0n) is 11.9. The molecule has 1 N–H and O–H groups in total. The highest BCUT2D eigenvalue weighted by Gasteiger charge is 2.25. The Hall–Kier alpha value is -1.36. The van der Waals surface area contributed by atoms with Gasteiger partial charge in [-0.1, -0.05) is 6.42 Å². The summed E-state index contributed by atoms with van der Waals surface area (Å²) >= 11 is 0. The maximum Gasteiger partial charge on any atom is 0.234 e. The molecule has 1 aliphatic heterocycles. The highest BCUT2D eigenvalue weighted by Crippen LogP contribution is 2.21. The van der Waals surface area contributed by atoms with E-state index >= 15 is 0 Å². The fraction of sp³-hybridized carbons (Fsp3) is 0.714. The lowest BCUT2D eigenvalue weighted by Crippen LogP contribution is -2.49. The Morgan fingerprint density at radius 3 is 2.74 bits per heavy atom. The summed E-state index contributed by atoms with van der Waals surface area (Å²) in [6.45, 7) is 6.39. The molecule has 106 valence electrons. The molecule has 0 bridgehead atoms. The third kappa shape index (κ3) is 4.06. The van der Waals surface area contributed by atoms with Crippen molar-refractivity contribution in [3.05, 3.63) is 18.7 Å². The van der Waals surface area contributed by atoms with Crippen molar-refractivity contribution in [1.82, 2.24) is 19.8 Å². The Morgan fingerprint density at radius 1 is 1.37 bits per heavy atom. The lowest BCUT2D eigenvalue weighted by molar-refractivity contribution is -0.123. The first-order chi connectivity index (χ1) is 9.16. The predicted molar refractivity (Wildman–Crippen MR) is 74.7 cm³/mol. The van der Waals surface area contributed by atoms with E-state index in [0.29, 0.717) is 25.2 Å². The first-order valence-corrected chi connectivity index (χ1v) is 7.15. The van der Waals surface area contributed by atoms with E-state index in [9.17, 15) is 4.79 Å². The molecular formula is C14H24N4O. The molecule has 1 aliphatic rings. The second-order valence-corrected chi connectivity index (χ2v) is 5.45. The Labute approximate surface area is 115 Å². The standard InChI is InChI=1S/C14H24N4O/c1-12-4-3-5-13(2)18(12)10-14(19)16-7-9-17-8-6-15-11-17/h6,8,11-13H,3-5,7,9-10H2,1-2H3,(H,16,19)/t12-,13+. The van der Waals surface area contributed by atoms with Crippen LogP contribution in [0.15, 0.2) is 18.7 Å². The molecule has 5 heteroatoms. The van der Waals surface area contributed by atoms with Crippen LogP contribution in [-0.2, 0) is 11.3 Å². The number of hydrogen-bond donors (Lipinski definition) is 1. The molecule has 5 nitrogen and oxygen atoms in total. The van der Waals surface area contributed by atoms with E-state index in [-0.39, 0.29) is 5.91 Å². The number of carbonyl (C=O) groups excluding carboxylic acids is 1. The van der Waals surface area contributed by atoms with Crippen LogP contribution in [0.4, 0.5) is 0 Å². The number of hydrogen-bond acceptors (Lipinski definition) is 3. The molecule has 1 fully saturated rings. The molecule has 1 aromatic heterocycles. The van der Waals surface area contributed by atoms with Crippen LogP contribution >= 0.6 is 0 Å². The molecule has 2 heterocycles. The third-order valence-corrected chi connectivity index (χ3v) is 3.95. The number of carbonyl (C=O) groups is 1. The normalized spacial score (nSPS) is 24.3. The molecule has 2 atom stereocenters. The van der Waals surface area contributed by atoms with E-state index in [4.69, 9.17) is 0 Å². The second kappa shape index (κ2) is 6.70. The average Bonchev–Trinajstić information content (AvgIpc) is 2.87. The molecule has 1 amide bonds. The summed E-state index contributed by atoms with van der Waals surface area (Å²) in [6, 6.07) is 1.03. The number of nitrogens with zero attached hydrogens (tertiary/aromatic N) is 3. The first kappa shape index (κ1) is 14.1. The van der Waals surface area contributed by atoms with Crippen LogP contribution in [0.2, 0.25) is 0 Å². The molecule has 0 unspecified atom stereocenters. The van der Waals surface area contributed by atoms with Gasteiger partial charge in [-0.3, -0.25) is 9.69 Å². The van der Waals surface area contributed by atoms with Gasteiger partial charge in [0, 0.05) is 37.6 Å². The summed E-state index contributed by atoms with van der Waals surface area (Å²) in [4.78, 5) is 18.2. The highest BCUT2D eigenvalue weighted by molar-refractivity contribution is 5.78. The van der Waals surface area contributed by atoms with Gasteiger partial charge in [0.2, 0.25) is 5.91 Å². The summed E-state index contributed by atoms with van der Waals surface area (Å²) in [5, 5.41) is 2.98. The van der Waals surface area contributed by atoms with E-state index in [1.165, 1.54) is 19.3 Å². The van der Waals surface area contributed by atoms with Crippen molar-refractivity contribution < 1.29 is 4.79 Å². The van der Waals surface area contributed by atoms with Gasteiger partial charge in [0.25, 0.3) is 0 Å². The minimum absolute atomic E-state index is 0.126. The third-order valence-electron chi connectivity index (χ3n) is 3.95. The van der Waals surface area contributed by atoms with Crippen molar-refractivity contribution in [1.29, 1.82) is 0 Å². The van der Waals surface area contributed by atoms with Crippen LogP contribution in [0, 0.1) is 0 Å². The number of nitrogens with one attached hydrogen (secondary N) is 1. The van der Waals surface area contributed by atoms with E-state index in [0.717, 1.165) is 6.54 Å². The largest absolute Gasteiger partial charge is 0.353 e. The number of imidazole rings is 1. The van der Waals surface area contributed by atoms with Crippen molar-refractivity contribution in [3.8, 4) is 0 Å². The lowest BCUT2D eigenvalue weighted by atomic mass is 9.97. The summed E-state index contributed by atoms with van der Waals surface area (Å²) in [5.41, 5.74) is 0. The van der Waals surface area contributed by atoms with Gasteiger partial charge in [-0.05, 0) is 26.7 Å². The first-order valence-electron chi connectivity index (χ1n) is 7.15. The quantitative estimate of drug-likeness (QED) is 0.871. The van der Waals surface area contributed by atoms with E-state index < -0.39 is 0 Å². The van der Waals surface area contributed by atoms with Crippen molar-refractivity contribution in [3.63, 3.8) is 0 Å². The monoisotopic (exact) mass is 264 g/mol. The molecule has 0 aliphatic carbocycles. The van der Waals surface area contributed by atoms with Crippen molar-refractivity contribution in [2.24, 2.45) is 0 Å². The molecule has 0 spiro atoms. The van der Waals surface area contributed by atoms with E-state index in [2.05, 4.69) is 29.0 Å². The molecule has 1 saturated heterocycles. The molecule has 0 aromatic carbocycles. The van der Waals surface area contributed by atoms with Gasteiger partial charge in [-0.15, -0.1) is 0 Å². The Morgan fingerprint density at radius 2 is 2.11 bits per heavy atom. The molecule has 0 radical (unpaired) electrons. The van der Waals surface area contributed by atoms with Crippen LogP contribution in [0.5, 0.6) is 0 Å². The maximum absolute atomic E-state index is 12.0. The Balaban J connectivity index is 1.71. The van der Waals surface area contributed by atoms with Crippen LogP contribution < -0.4 is 5.32 Å². The summed E-state index contributed by atoms with van der Waals surface area (Å²) < 4.78 is 1.96. The summed E-state index contributed by atoms with van der Waals surface area (Å²) in [7, 11) is 0. The van der Waals surface area contributed by atoms with Crippen molar-refractivity contribution in [2.75, 3.05) is 13.1 Å². The summed E-state index contributed by atoms with van der Waals surface area (Å²) in [5.74, 6) is 0.126. The number of aromatic nitrogens is 2. The Bertz CT molecular complexity index is 380. The van der Waals surface area contributed by atoms with Gasteiger partial charge in [0.1, 0.15) is 0 Å². The minimum Gasteiger partial charge on any atom is -0.353 e. The average molecular weight is 264 g/mol. The van der Waals surface area contributed by atoms with Crippen LogP contribution in [0.1, 0.15) is 33.1 Å². The van der Waals surface area contributed by atoms with Crippen molar-refractivity contribution >= 4 is 5.91 Å². The van der Waals surface area contributed by atoms with Gasteiger partial charge in [-0.2, -0.15) is 0 Å². The highest BCUT2D eigenvalue weighted by atomic mass is 16.2. The zero-order valence-corrected chi connectivity index (χ0v) is 11.9. The van der Waals surface area contributed by atoms with Crippen LogP contribution in [0.25, 0.3) is 0 Å². The smallest absolute Gasteiger partial charge is 0.234 e. The van der Waals surface area contributed by atoms with E-state index in [1.807, 2.05) is 10.8 Å². The van der Waals surface area contributed by atoms with Crippen LogP contribution in [-0.4, -0.2) is 45.5 Å². The maximum atomic E-state index is 12.0. The number of rotatable bonds is 5. The zero-order chi connectivity index (χ0) is 13.7. The topological polar surface area (TPSA) is 50.2 Å². The fourth-order valence-corrected chi connectivity index (χ4v) is 2.75. The van der Waals surface area contributed by atoms with Gasteiger partial charge in [0.05, 0.1) is 12.9 Å². The molecular weight excluding hydrogens is 240 g/mol. The molecule has 0 saturated carbocycles. The molecule has 1 aromatic rings. The number of amides is 1. The van der Waals surface area contributed by atoms with Gasteiger partial charge < -0.3 is 9.88 Å². The minimum atomic E-state index is 0.126. The Kier molecular flexibility index (Phi) is 4.96. The fourth-order valence-electron chi connectivity index (χ4n) is 2.75. The molecule has 2 rings (SSSR count). The second-order valence-electron chi connectivity index (χ2n) is 5.45. The van der Waals surface area contributed by atoms with Gasteiger partial charge >= 0.3 is 0 Å². The van der Waals surface area contributed by atoms with Gasteiger partial charge in [0.15, 0.2) is 0 Å². The van der Waals surface area contributed by atoms with E-state index in [1.54, 1.807) is 12.5 Å². The molecule has 19 heavy (non-hydrogen) atoms. The van der Waals surface area contributed by atoms with Crippen LogP contribution in [0.3, 0.4) is 0 Å². The number of piperidine rings is 1. The van der Waals surface area contributed by atoms with Crippen molar-refractivity contribution in [2.45, 2.75) is 51.7 Å². The summed E-state index contributed by atoms with van der Waals surface area (Å²) in [6.07, 6.45) is 9.10. The lowest BCUT2D eigenvalue weighted by Gasteiger charge is -2.38.